The molecule has 0 saturated heterocycles. The number of aromatic nitrogens is 4. The van der Waals surface area contributed by atoms with Crippen molar-refractivity contribution in [2.75, 3.05) is 18.1 Å². The molecule has 7 nitrogen and oxygen atoms in total. The topological polar surface area (TPSA) is 107 Å². The fraction of sp³-hybridized carbons (Fsp3) is 0.174. The van der Waals surface area contributed by atoms with Crippen LogP contribution in [0.15, 0.2) is 48.8 Å². The third-order valence-corrected chi connectivity index (χ3v) is 4.96. The summed E-state index contributed by atoms with van der Waals surface area (Å²) in [6, 6.07) is 9.38. The van der Waals surface area contributed by atoms with Crippen LogP contribution in [0, 0.1) is 6.92 Å². The Bertz CT molecular complexity index is 1410. The summed E-state index contributed by atoms with van der Waals surface area (Å²) in [5.74, 6) is 0.450. The van der Waals surface area contributed by atoms with Crippen LogP contribution in [0.25, 0.3) is 22.2 Å². The maximum absolute atomic E-state index is 11.9. The van der Waals surface area contributed by atoms with Crippen molar-refractivity contribution in [3.8, 4) is 11.1 Å². The molecule has 0 bridgehead atoms. The molecule has 0 aliphatic carbocycles. The number of carbonyl (C=O) groups excluding carboxylic acids is 1. The number of fused-ring (bicyclic) bond motifs is 1. The molecule has 0 aliphatic rings. The van der Waals surface area contributed by atoms with E-state index in [1.807, 2.05) is 31.2 Å². The average molecular weight is 484 g/mol. The van der Waals surface area contributed by atoms with Gasteiger partial charge >= 0.3 is 6.18 Å². The zero-order valence-electron chi connectivity index (χ0n) is 19.3. The number of nitrogens with two attached hydrogens (primary N) is 1. The van der Waals surface area contributed by atoms with Gasteiger partial charge in [-0.2, -0.15) is 18.2 Å². The maximum atomic E-state index is 11.9. The minimum Gasteiger partial charge on any atom is -0.399 e. The number of hydrogen-bond acceptors (Lipinski definition) is 7. The van der Waals surface area contributed by atoms with E-state index < -0.39 is 17.0 Å². The Morgan fingerprint density at radius 3 is 2.33 bits per heavy atom. The number of nitrogens with zero attached hydrogens (tertiary/aromatic N) is 4. The van der Waals surface area contributed by atoms with Gasteiger partial charge in [-0.05, 0) is 48.4 Å². The standard InChI is InChI=1S/C16H14B3N5.C7H4F3NO/c1-8-3-4-10(20)6-11(8)12-5-9-7-22-15(21-2)24-14(9)23-13(12)16(17,18)19;8-7(9,10)6-3-5(4-12)1-2-11-6/h3-7H,20H2,1-2H3,(H,21,22,23,24);1-4H. The van der Waals surface area contributed by atoms with E-state index >= 15 is 0 Å². The van der Waals surface area contributed by atoms with E-state index in [1.54, 1.807) is 13.2 Å². The molecule has 3 heterocycles. The van der Waals surface area contributed by atoms with Gasteiger partial charge in [0.15, 0.2) is 5.65 Å². The van der Waals surface area contributed by atoms with Crippen molar-refractivity contribution in [3.63, 3.8) is 0 Å². The van der Waals surface area contributed by atoms with Crippen molar-refractivity contribution in [2.45, 2.75) is 18.2 Å². The van der Waals surface area contributed by atoms with Gasteiger partial charge in [-0.1, -0.05) is 11.2 Å². The molecule has 0 unspecified atom stereocenters. The van der Waals surface area contributed by atoms with Crippen molar-refractivity contribution in [2.24, 2.45) is 0 Å². The highest BCUT2D eigenvalue weighted by Crippen LogP contribution is 2.33. The number of nitrogens with one attached hydrogen (secondary N) is 1. The lowest BCUT2D eigenvalue weighted by Gasteiger charge is -2.24. The number of anilines is 2. The van der Waals surface area contributed by atoms with Gasteiger partial charge in [0.1, 0.15) is 12.0 Å². The lowest BCUT2D eigenvalue weighted by Crippen LogP contribution is -2.29. The Labute approximate surface area is 209 Å². The Hall–Kier alpha value is -3.89. The monoisotopic (exact) mass is 484 g/mol. The number of aryl methyl sites for hydroxylation is 1. The first-order valence-corrected chi connectivity index (χ1v) is 10.4. The molecule has 176 valence electrons. The summed E-state index contributed by atoms with van der Waals surface area (Å²) in [5.41, 5.74) is 8.85. The van der Waals surface area contributed by atoms with Gasteiger partial charge in [0.2, 0.25) is 5.95 Å². The van der Waals surface area contributed by atoms with Crippen LogP contribution in [-0.4, -0.2) is 56.8 Å². The largest absolute Gasteiger partial charge is 0.433 e. The SMILES string of the molecule is O=Cc1ccnc(C(F)(F)F)c1.[B]C([B])([B])c1nc2nc(NC)ncc2cc1-c1cc(N)ccc1C. The smallest absolute Gasteiger partial charge is 0.399 e. The summed E-state index contributed by atoms with van der Waals surface area (Å²) in [6.07, 6.45) is -1.51. The molecule has 1 aromatic carbocycles. The van der Waals surface area contributed by atoms with Crippen LogP contribution in [0.4, 0.5) is 24.8 Å². The first-order chi connectivity index (χ1) is 16.8. The number of aldehydes is 1. The summed E-state index contributed by atoms with van der Waals surface area (Å²) in [6.45, 7) is 1.97. The summed E-state index contributed by atoms with van der Waals surface area (Å²) in [5, 5.41) is 2.00. The fourth-order valence-corrected chi connectivity index (χ4v) is 3.22. The highest BCUT2D eigenvalue weighted by molar-refractivity contribution is 6.59. The summed E-state index contributed by atoms with van der Waals surface area (Å²) >= 11 is 0. The van der Waals surface area contributed by atoms with Crippen LogP contribution >= 0.6 is 0 Å². The molecule has 0 amide bonds. The van der Waals surface area contributed by atoms with Gasteiger partial charge in [0, 0.05) is 47.3 Å². The van der Waals surface area contributed by atoms with E-state index in [1.165, 1.54) is 6.07 Å². The van der Waals surface area contributed by atoms with Crippen LogP contribution in [0.1, 0.15) is 27.3 Å². The van der Waals surface area contributed by atoms with Crippen LogP contribution in [0.5, 0.6) is 0 Å². The molecule has 0 saturated carbocycles. The van der Waals surface area contributed by atoms with Crippen molar-refractivity contribution < 1.29 is 18.0 Å². The highest BCUT2D eigenvalue weighted by atomic mass is 19.4. The molecule has 3 N–H and O–H groups in total. The molecule has 4 rings (SSSR count). The molecule has 0 atom stereocenters. The lowest BCUT2D eigenvalue weighted by molar-refractivity contribution is -0.141. The second-order valence-corrected chi connectivity index (χ2v) is 7.84. The minimum absolute atomic E-state index is 0.0303. The molecule has 36 heavy (non-hydrogen) atoms. The van der Waals surface area contributed by atoms with E-state index in [0.717, 1.165) is 22.7 Å². The van der Waals surface area contributed by atoms with Gasteiger partial charge in [0.05, 0.1) is 23.5 Å². The molecular weight excluding hydrogens is 466 g/mol. The normalized spacial score (nSPS) is 11.5. The molecule has 0 fully saturated rings. The van der Waals surface area contributed by atoms with Crippen LogP contribution in [0.3, 0.4) is 0 Å². The molecule has 13 heteroatoms. The quantitative estimate of drug-likeness (QED) is 0.261. The van der Waals surface area contributed by atoms with E-state index in [-0.39, 0.29) is 5.56 Å². The number of alkyl halides is 3. The summed E-state index contributed by atoms with van der Waals surface area (Å²) in [4.78, 5) is 26.2. The second-order valence-electron chi connectivity index (χ2n) is 7.84. The third-order valence-electron chi connectivity index (χ3n) is 4.96. The minimum atomic E-state index is -4.49. The predicted octanol–water partition coefficient (Wildman–Crippen LogP) is 3.15. The number of hydrogen-bond donors (Lipinski definition) is 2. The van der Waals surface area contributed by atoms with Gasteiger partial charge in [0.25, 0.3) is 0 Å². The predicted molar refractivity (Wildman–Crippen MR) is 135 cm³/mol. The first kappa shape index (κ1) is 26.7. The number of benzene rings is 1. The molecular formula is C23H18B3F3N6O. The number of nitrogen functional groups attached to an aromatic ring is 1. The molecule has 6 radical (unpaired) electrons. The number of pyridine rings is 2. The Morgan fingerprint density at radius 1 is 1.00 bits per heavy atom. The summed E-state index contributed by atoms with van der Waals surface area (Å²) < 4.78 is 35.8. The second kappa shape index (κ2) is 10.4. The number of rotatable bonds is 4. The van der Waals surface area contributed by atoms with Crippen LogP contribution < -0.4 is 11.1 Å². The highest BCUT2D eigenvalue weighted by Gasteiger charge is 2.32. The van der Waals surface area contributed by atoms with Crippen molar-refractivity contribution >= 4 is 52.5 Å². The average Bonchev–Trinajstić information content (AvgIpc) is 2.83. The number of halogens is 3. The zero-order chi connectivity index (χ0) is 26.7. The van der Waals surface area contributed by atoms with E-state index in [2.05, 4.69) is 25.3 Å². The van der Waals surface area contributed by atoms with E-state index in [9.17, 15) is 18.0 Å². The van der Waals surface area contributed by atoms with Gasteiger partial charge in [-0.3, -0.25) is 9.78 Å². The molecule has 0 aliphatic heterocycles. The Balaban J connectivity index is 0.000000253. The maximum Gasteiger partial charge on any atom is 0.433 e. The van der Waals surface area contributed by atoms with Crippen molar-refractivity contribution in [3.05, 3.63) is 71.3 Å². The Kier molecular flexibility index (Phi) is 7.71. The Morgan fingerprint density at radius 2 is 1.72 bits per heavy atom. The van der Waals surface area contributed by atoms with Crippen LogP contribution in [0.2, 0.25) is 0 Å². The van der Waals surface area contributed by atoms with E-state index in [4.69, 9.17) is 29.3 Å². The van der Waals surface area contributed by atoms with Gasteiger partial charge in [-0.25, -0.2) is 9.97 Å². The van der Waals surface area contributed by atoms with Gasteiger partial charge in [-0.15, -0.1) is 0 Å². The first-order valence-electron chi connectivity index (χ1n) is 10.4. The van der Waals surface area contributed by atoms with E-state index in [0.29, 0.717) is 40.9 Å². The number of carbonyl (C=O) groups is 1. The zero-order valence-corrected chi connectivity index (χ0v) is 19.3. The summed E-state index contributed by atoms with van der Waals surface area (Å²) in [7, 11) is 19.6. The molecule has 0 spiro atoms. The van der Waals surface area contributed by atoms with Crippen molar-refractivity contribution in [1.82, 2.24) is 19.9 Å². The fourth-order valence-electron chi connectivity index (χ4n) is 3.22. The molecule has 3 aromatic heterocycles. The molecule has 4 aromatic rings. The lowest BCUT2D eigenvalue weighted by atomic mass is 9.40. The third kappa shape index (κ3) is 6.21. The van der Waals surface area contributed by atoms with Crippen molar-refractivity contribution in [1.29, 1.82) is 0 Å². The van der Waals surface area contributed by atoms with Gasteiger partial charge < -0.3 is 11.1 Å². The van der Waals surface area contributed by atoms with Crippen LogP contribution in [-0.2, 0) is 11.3 Å².